The number of carbonyl (C=O) groups is 2. The Labute approximate surface area is 137 Å². The van der Waals surface area contributed by atoms with E-state index in [1.54, 1.807) is 6.08 Å². The van der Waals surface area contributed by atoms with Gasteiger partial charge in [-0.15, -0.1) is 0 Å². The zero-order chi connectivity index (χ0) is 16.7. The number of benzene rings is 1. The number of carbonyl (C=O) groups excluding carboxylic acids is 2. The Bertz CT molecular complexity index is 592. The second-order valence-electron chi connectivity index (χ2n) is 5.94. The summed E-state index contributed by atoms with van der Waals surface area (Å²) in [4.78, 5) is 23.2. The molecule has 1 N–H and O–H groups in total. The molecule has 0 unspecified atom stereocenters. The molecule has 4 nitrogen and oxygen atoms in total. The predicted octanol–water partition coefficient (Wildman–Crippen LogP) is 3.25. The van der Waals surface area contributed by atoms with Gasteiger partial charge < -0.3 is 10.1 Å². The Morgan fingerprint density at radius 1 is 1.26 bits per heavy atom. The number of allylic oxidation sites excluding steroid dienone is 1. The molecule has 0 saturated carbocycles. The first-order valence-corrected chi connectivity index (χ1v) is 8.34. The molecule has 2 rings (SSSR count). The van der Waals surface area contributed by atoms with Gasteiger partial charge in [0.05, 0.1) is 6.04 Å². The first-order valence-electron chi connectivity index (χ1n) is 8.34. The fraction of sp³-hybridized carbons (Fsp3) is 0.474. The second kappa shape index (κ2) is 8.51. The lowest BCUT2D eigenvalue weighted by Crippen LogP contribution is -2.31. The molecule has 0 aliphatic heterocycles. The first-order chi connectivity index (χ1) is 11.1. The molecule has 1 aliphatic rings. The summed E-state index contributed by atoms with van der Waals surface area (Å²) in [5, 5.41) is 2.87. The van der Waals surface area contributed by atoms with Crippen LogP contribution in [0.1, 0.15) is 55.8 Å². The van der Waals surface area contributed by atoms with Crippen molar-refractivity contribution in [2.24, 2.45) is 0 Å². The molecular formula is C19H25NO3. The van der Waals surface area contributed by atoms with Crippen molar-refractivity contribution < 1.29 is 14.3 Å². The number of fused-ring (bicyclic) bond motifs is 1. The van der Waals surface area contributed by atoms with E-state index < -0.39 is 5.97 Å². The van der Waals surface area contributed by atoms with Crippen molar-refractivity contribution in [1.82, 2.24) is 5.32 Å². The molecule has 0 saturated heterocycles. The summed E-state index contributed by atoms with van der Waals surface area (Å²) >= 11 is 0. The molecule has 23 heavy (non-hydrogen) atoms. The highest BCUT2D eigenvalue weighted by molar-refractivity contribution is 5.85. The Hall–Kier alpha value is -2.10. The van der Waals surface area contributed by atoms with Gasteiger partial charge in [-0.2, -0.15) is 0 Å². The third-order valence-corrected chi connectivity index (χ3v) is 4.09. The fourth-order valence-electron chi connectivity index (χ4n) is 2.79. The second-order valence-corrected chi connectivity index (χ2v) is 5.94. The van der Waals surface area contributed by atoms with Gasteiger partial charge in [0, 0.05) is 6.08 Å². The van der Waals surface area contributed by atoms with Gasteiger partial charge in [0.15, 0.2) is 6.61 Å². The SMILES string of the molecule is CC/C=C/C(=O)OCC(=O)N[C@@H](C)c1ccc2c(c1)CCCC2. The van der Waals surface area contributed by atoms with Crippen LogP contribution in [0.5, 0.6) is 0 Å². The lowest BCUT2D eigenvalue weighted by molar-refractivity contribution is -0.144. The molecule has 1 aromatic carbocycles. The molecule has 0 spiro atoms. The minimum Gasteiger partial charge on any atom is -0.452 e. The molecule has 1 aliphatic carbocycles. The Balaban J connectivity index is 1.86. The minimum atomic E-state index is -0.483. The van der Waals surface area contributed by atoms with Crippen LogP contribution >= 0.6 is 0 Å². The van der Waals surface area contributed by atoms with E-state index in [0.29, 0.717) is 0 Å². The van der Waals surface area contributed by atoms with E-state index in [1.807, 2.05) is 13.8 Å². The molecule has 0 bridgehead atoms. The number of rotatable bonds is 6. The zero-order valence-corrected chi connectivity index (χ0v) is 13.9. The molecular weight excluding hydrogens is 290 g/mol. The maximum atomic E-state index is 11.9. The van der Waals surface area contributed by atoms with E-state index in [1.165, 1.54) is 30.0 Å². The fourth-order valence-corrected chi connectivity index (χ4v) is 2.79. The van der Waals surface area contributed by atoms with Crippen LogP contribution in [0.3, 0.4) is 0 Å². The average Bonchev–Trinajstić information content (AvgIpc) is 2.57. The number of amides is 1. The monoisotopic (exact) mass is 315 g/mol. The largest absolute Gasteiger partial charge is 0.452 e. The average molecular weight is 315 g/mol. The first kappa shape index (κ1) is 17.3. The van der Waals surface area contributed by atoms with Gasteiger partial charge in [-0.1, -0.05) is 31.2 Å². The van der Waals surface area contributed by atoms with Crippen molar-refractivity contribution in [3.63, 3.8) is 0 Å². The number of nitrogens with one attached hydrogen (secondary N) is 1. The normalized spacial score (nSPS) is 15.0. The molecule has 1 amide bonds. The molecule has 0 heterocycles. The summed E-state index contributed by atoms with van der Waals surface area (Å²) in [5.41, 5.74) is 3.91. The van der Waals surface area contributed by atoms with Crippen molar-refractivity contribution in [3.8, 4) is 0 Å². The van der Waals surface area contributed by atoms with E-state index in [2.05, 4.69) is 23.5 Å². The third-order valence-electron chi connectivity index (χ3n) is 4.09. The molecule has 1 aromatic rings. The van der Waals surface area contributed by atoms with Crippen LogP contribution < -0.4 is 5.32 Å². The molecule has 0 radical (unpaired) electrons. The third kappa shape index (κ3) is 5.23. The van der Waals surface area contributed by atoms with E-state index in [9.17, 15) is 9.59 Å². The molecule has 0 fully saturated rings. The van der Waals surface area contributed by atoms with Crippen LogP contribution in [0.15, 0.2) is 30.4 Å². The summed E-state index contributed by atoms with van der Waals surface area (Å²) < 4.78 is 4.90. The van der Waals surface area contributed by atoms with Gasteiger partial charge >= 0.3 is 5.97 Å². The highest BCUT2D eigenvalue weighted by Crippen LogP contribution is 2.24. The van der Waals surface area contributed by atoms with Crippen LogP contribution in [-0.4, -0.2) is 18.5 Å². The topological polar surface area (TPSA) is 55.4 Å². The number of ether oxygens (including phenoxy) is 1. The Morgan fingerprint density at radius 3 is 2.74 bits per heavy atom. The van der Waals surface area contributed by atoms with E-state index in [0.717, 1.165) is 24.8 Å². The summed E-state index contributed by atoms with van der Waals surface area (Å²) in [5.74, 6) is -0.767. The smallest absolute Gasteiger partial charge is 0.330 e. The number of esters is 1. The van der Waals surface area contributed by atoms with Gasteiger partial charge in [0.2, 0.25) is 0 Å². The van der Waals surface area contributed by atoms with Gasteiger partial charge in [0.25, 0.3) is 5.91 Å². The standard InChI is InChI=1S/C19H25NO3/c1-3-4-9-19(22)23-13-18(21)20-14(2)16-11-10-15-7-5-6-8-17(15)12-16/h4,9-12,14H,3,5-8,13H2,1-2H3,(H,20,21)/b9-4+/t14-/m0/s1. The zero-order valence-electron chi connectivity index (χ0n) is 13.9. The van der Waals surface area contributed by atoms with Crippen molar-refractivity contribution in [2.75, 3.05) is 6.61 Å². The molecule has 0 aromatic heterocycles. The van der Waals surface area contributed by atoms with Crippen LogP contribution in [0.25, 0.3) is 0 Å². The molecule has 4 heteroatoms. The van der Waals surface area contributed by atoms with Crippen molar-refractivity contribution in [2.45, 2.75) is 52.0 Å². The number of hydrogen-bond acceptors (Lipinski definition) is 3. The Morgan fingerprint density at radius 2 is 2.00 bits per heavy atom. The summed E-state index contributed by atoms with van der Waals surface area (Å²) in [6.07, 6.45) is 8.57. The predicted molar refractivity (Wildman–Crippen MR) is 90.0 cm³/mol. The quantitative estimate of drug-likeness (QED) is 0.647. The van der Waals surface area contributed by atoms with Gasteiger partial charge in [-0.3, -0.25) is 4.79 Å². The van der Waals surface area contributed by atoms with Crippen molar-refractivity contribution in [1.29, 1.82) is 0 Å². The summed E-state index contributed by atoms with van der Waals surface area (Å²) in [6.45, 7) is 3.63. The summed E-state index contributed by atoms with van der Waals surface area (Å²) in [6, 6.07) is 6.34. The maximum absolute atomic E-state index is 11.9. The van der Waals surface area contributed by atoms with Crippen LogP contribution in [-0.2, 0) is 27.2 Å². The number of aryl methyl sites for hydroxylation is 2. The Kier molecular flexibility index (Phi) is 6.39. The van der Waals surface area contributed by atoms with Crippen LogP contribution in [0, 0.1) is 0 Å². The maximum Gasteiger partial charge on any atom is 0.330 e. The van der Waals surface area contributed by atoms with E-state index in [-0.39, 0.29) is 18.6 Å². The lowest BCUT2D eigenvalue weighted by Gasteiger charge is -2.20. The molecule has 1 atom stereocenters. The highest BCUT2D eigenvalue weighted by Gasteiger charge is 2.14. The van der Waals surface area contributed by atoms with Crippen LogP contribution in [0.4, 0.5) is 0 Å². The van der Waals surface area contributed by atoms with Crippen molar-refractivity contribution in [3.05, 3.63) is 47.0 Å². The number of hydrogen-bond donors (Lipinski definition) is 1. The van der Waals surface area contributed by atoms with E-state index in [4.69, 9.17) is 4.74 Å². The summed E-state index contributed by atoms with van der Waals surface area (Å²) in [7, 11) is 0. The van der Waals surface area contributed by atoms with Gasteiger partial charge in [0.1, 0.15) is 0 Å². The lowest BCUT2D eigenvalue weighted by atomic mass is 9.89. The highest BCUT2D eigenvalue weighted by atomic mass is 16.5. The van der Waals surface area contributed by atoms with Gasteiger partial charge in [-0.25, -0.2) is 4.79 Å². The van der Waals surface area contributed by atoms with Crippen molar-refractivity contribution >= 4 is 11.9 Å². The minimum absolute atomic E-state index is 0.0976. The molecule has 124 valence electrons. The van der Waals surface area contributed by atoms with Gasteiger partial charge in [-0.05, 0) is 55.7 Å². The van der Waals surface area contributed by atoms with Crippen LogP contribution in [0.2, 0.25) is 0 Å². The van der Waals surface area contributed by atoms with E-state index >= 15 is 0 Å².